The Labute approximate surface area is 165 Å². The number of carbonyl (C=O) groups excluding carboxylic acids is 2. The minimum atomic E-state index is -0.534. The minimum Gasteiger partial charge on any atom is -0.483 e. The molecule has 0 fully saturated rings. The van der Waals surface area contributed by atoms with Crippen LogP contribution in [0.15, 0.2) is 29.1 Å². The number of nitrogens with zero attached hydrogens (tertiary/aromatic N) is 1. The Hall–Kier alpha value is -3.00. The number of hydrogen-bond acceptors (Lipinski definition) is 7. The summed E-state index contributed by atoms with van der Waals surface area (Å²) in [6.45, 7) is 6.95. The topological polar surface area (TPSA) is 98.3 Å². The number of carbonyl (C=O) groups is 2. The summed E-state index contributed by atoms with van der Waals surface area (Å²) in [7, 11) is 0. The van der Waals surface area contributed by atoms with Crippen LogP contribution in [-0.4, -0.2) is 28.3 Å². The van der Waals surface area contributed by atoms with Crippen molar-refractivity contribution in [3.8, 4) is 5.75 Å². The maximum absolute atomic E-state index is 12.6. The van der Waals surface area contributed by atoms with Crippen molar-refractivity contribution in [2.45, 2.75) is 33.8 Å². The Bertz CT molecular complexity index is 1100. The molecule has 1 atom stereocenters. The zero-order valence-corrected chi connectivity index (χ0v) is 16.8. The first kappa shape index (κ1) is 19.8. The van der Waals surface area contributed by atoms with Crippen LogP contribution >= 0.6 is 11.3 Å². The minimum absolute atomic E-state index is 0.0264. The van der Waals surface area contributed by atoms with Gasteiger partial charge in [-0.05, 0) is 57.5 Å². The van der Waals surface area contributed by atoms with E-state index in [1.807, 2.05) is 0 Å². The van der Waals surface area contributed by atoms with Crippen LogP contribution in [0.3, 0.4) is 0 Å². The van der Waals surface area contributed by atoms with Crippen LogP contribution in [0.25, 0.3) is 10.2 Å². The molecular formula is C20H20N2O5S. The van der Waals surface area contributed by atoms with Crippen LogP contribution in [-0.2, 0) is 4.74 Å². The molecule has 0 bridgehead atoms. The third kappa shape index (κ3) is 3.82. The number of nitrogens with one attached hydrogen (secondary N) is 1. The van der Waals surface area contributed by atoms with Crippen molar-refractivity contribution in [3.63, 3.8) is 0 Å². The van der Waals surface area contributed by atoms with Crippen LogP contribution in [0.1, 0.15) is 58.3 Å². The van der Waals surface area contributed by atoms with Crippen LogP contribution in [0, 0.1) is 6.92 Å². The Balaban J connectivity index is 1.91. The molecule has 28 heavy (non-hydrogen) atoms. The molecule has 0 aliphatic carbocycles. The highest BCUT2D eigenvalue weighted by molar-refractivity contribution is 7.20. The van der Waals surface area contributed by atoms with E-state index >= 15 is 0 Å². The fraction of sp³-hybridized carbons (Fsp3) is 0.300. The molecule has 1 N–H and O–H groups in total. The van der Waals surface area contributed by atoms with Gasteiger partial charge in [0.1, 0.15) is 15.5 Å². The second kappa shape index (κ2) is 7.93. The van der Waals surface area contributed by atoms with Gasteiger partial charge in [0.2, 0.25) is 0 Å². The molecule has 2 aromatic heterocycles. The summed E-state index contributed by atoms with van der Waals surface area (Å²) in [5.41, 5.74) is 0.826. The number of H-pyrrole nitrogens is 1. The number of fused-ring (bicyclic) bond motifs is 1. The predicted molar refractivity (Wildman–Crippen MR) is 106 cm³/mol. The predicted octanol–water partition coefficient (Wildman–Crippen LogP) is 3.81. The van der Waals surface area contributed by atoms with Crippen molar-refractivity contribution < 1.29 is 19.1 Å². The second-order valence-corrected chi connectivity index (χ2v) is 7.25. The molecule has 0 unspecified atom stereocenters. The molecule has 3 aromatic rings. The first-order valence-electron chi connectivity index (χ1n) is 8.79. The summed E-state index contributed by atoms with van der Waals surface area (Å²) < 4.78 is 10.9. The Morgan fingerprint density at radius 1 is 1.25 bits per heavy atom. The highest BCUT2D eigenvalue weighted by atomic mass is 32.1. The smallest absolute Gasteiger partial charge is 0.348 e. The molecule has 0 amide bonds. The highest BCUT2D eigenvalue weighted by Gasteiger charge is 2.21. The van der Waals surface area contributed by atoms with Crippen LogP contribution < -0.4 is 10.3 Å². The maximum atomic E-state index is 12.6. The van der Waals surface area contributed by atoms with E-state index in [1.165, 1.54) is 6.92 Å². The van der Waals surface area contributed by atoms with Gasteiger partial charge in [0, 0.05) is 5.56 Å². The maximum Gasteiger partial charge on any atom is 0.348 e. The van der Waals surface area contributed by atoms with Gasteiger partial charge < -0.3 is 14.5 Å². The van der Waals surface area contributed by atoms with Crippen molar-refractivity contribution in [3.05, 3.63) is 56.4 Å². The molecule has 8 heteroatoms. The Morgan fingerprint density at radius 3 is 2.54 bits per heavy atom. The van der Waals surface area contributed by atoms with Gasteiger partial charge in [-0.15, -0.1) is 11.3 Å². The van der Waals surface area contributed by atoms with E-state index < -0.39 is 12.1 Å². The Morgan fingerprint density at radius 2 is 1.93 bits per heavy atom. The van der Waals surface area contributed by atoms with Gasteiger partial charge in [-0.25, -0.2) is 9.78 Å². The zero-order chi connectivity index (χ0) is 20.4. The number of benzene rings is 1. The molecule has 1 aromatic carbocycles. The molecule has 0 saturated carbocycles. The largest absolute Gasteiger partial charge is 0.483 e. The summed E-state index contributed by atoms with van der Waals surface area (Å²) in [6.07, 6.45) is -0.534. The number of thiophene rings is 1. The lowest BCUT2D eigenvalue weighted by Crippen LogP contribution is -2.16. The number of esters is 1. The number of aromatic nitrogens is 2. The van der Waals surface area contributed by atoms with Crippen molar-refractivity contribution in [2.75, 3.05) is 6.61 Å². The van der Waals surface area contributed by atoms with Crippen molar-refractivity contribution in [1.82, 2.24) is 9.97 Å². The molecule has 0 radical (unpaired) electrons. The summed E-state index contributed by atoms with van der Waals surface area (Å²) in [5, 5.41) is 0.384. The van der Waals surface area contributed by atoms with E-state index in [1.54, 1.807) is 45.0 Å². The fourth-order valence-corrected chi connectivity index (χ4v) is 3.86. The van der Waals surface area contributed by atoms with Crippen molar-refractivity contribution >= 4 is 33.3 Å². The number of hydrogen-bond donors (Lipinski definition) is 1. The molecular weight excluding hydrogens is 380 g/mol. The Kier molecular flexibility index (Phi) is 5.60. The summed E-state index contributed by atoms with van der Waals surface area (Å²) in [6, 6.07) is 6.74. The molecule has 7 nitrogen and oxygen atoms in total. The first-order chi connectivity index (χ1) is 13.3. The summed E-state index contributed by atoms with van der Waals surface area (Å²) >= 11 is 1.13. The normalized spacial score (nSPS) is 12.0. The standard InChI is InChI=1S/C20H20N2O5S/c1-5-26-20(25)16-10(2)15-18(24)21-17(22-19(15)28-16)12(4)27-14-8-6-13(7-9-14)11(3)23/h6-9,12H,5H2,1-4H3,(H,21,22,24)/t12-/m1/s1. The van der Waals surface area contributed by atoms with E-state index in [0.717, 1.165) is 11.3 Å². The third-order valence-corrected chi connectivity index (χ3v) is 5.40. The van der Waals surface area contributed by atoms with E-state index in [4.69, 9.17) is 9.47 Å². The monoisotopic (exact) mass is 400 g/mol. The van der Waals surface area contributed by atoms with Gasteiger partial charge in [-0.2, -0.15) is 0 Å². The lowest BCUT2D eigenvalue weighted by molar-refractivity contribution is 0.0531. The molecule has 0 spiro atoms. The lowest BCUT2D eigenvalue weighted by Gasteiger charge is -2.14. The van der Waals surface area contributed by atoms with Crippen LogP contribution in [0.2, 0.25) is 0 Å². The number of ether oxygens (including phenoxy) is 2. The molecule has 3 rings (SSSR count). The quantitative estimate of drug-likeness (QED) is 0.499. The molecule has 0 saturated heterocycles. The van der Waals surface area contributed by atoms with Gasteiger partial charge in [-0.1, -0.05) is 0 Å². The average Bonchev–Trinajstić information content (AvgIpc) is 2.99. The van der Waals surface area contributed by atoms with Gasteiger partial charge in [0.05, 0.1) is 12.0 Å². The van der Waals surface area contributed by atoms with Gasteiger partial charge in [-0.3, -0.25) is 9.59 Å². The van der Waals surface area contributed by atoms with E-state index in [2.05, 4.69) is 9.97 Å². The van der Waals surface area contributed by atoms with Crippen LogP contribution in [0.5, 0.6) is 5.75 Å². The third-order valence-electron chi connectivity index (χ3n) is 4.24. The number of ketones is 1. The van der Waals surface area contributed by atoms with Crippen molar-refractivity contribution in [2.24, 2.45) is 0 Å². The molecule has 2 heterocycles. The first-order valence-corrected chi connectivity index (χ1v) is 9.61. The second-order valence-electron chi connectivity index (χ2n) is 6.25. The molecule has 0 aliphatic heterocycles. The number of rotatable bonds is 6. The van der Waals surface area contributed by atoms with Gasteiger partial charge in [0.15, 0.2) is 17.7 Å². The number of aromatic amines is 1. The highest BCUT2D eigenvalue weighted by Crippen LogP contribution is 2.29. The average molecular weight is 400 g/mol. The summed E-state index contributed by atoms with van der Waals surface area (Å²) in [4.78, 5) is 44.0. The van der Waals surface area contributed by atoms with Crippen LogP contribution in [0.4, 0.5) is 0 Å². The van der Waals surface area contributed by atoms with E-state index in [9.17, 15) is 14.4 Å². The lowest BCUT2D eigenvalue weighted by atomic mass is 10.1. The summed E-state index contributed by atoms with van der Waals surface area (Å²) in [5.74, 6) is 0.417. The SMILES string of the molecule is CCOC(=O)c1sc2nc([C@@H](C)Oc3ccc(C(C)=O)cc3)[nH]c(=O)c2c1C. The number of Topliss-reactive ketones (excluding diaryl/α,β-unsaturated/α-hetero) is 1. The van der Waals surface area contributed by atoms with Crippen molar-refractivity contribution in [1.29, 1.82) is 0 Å². The van der Waals surface area contributed by atoms with Gasteiger partial charge >= 0.3 is 5.97 Å². The van der Waals surface area contributed by atoms with E-state index in [0.29, 0.717) is 37.8 Å². The van der Waals surface area contributed by atoms with Gasteiger partial charge in [0.25, 0.3) is 5.56 Å². The van der Waals surface area contributed by atoms with E-state index in [-0.39, 0.29) is 17.9 Å². The molecule has 0 aliphatic rings. The fourth-order valence-electron chi connectivity index (χ4n) is 2.77. The number of aryl methyl sites for hydroxylation is 1. The molecule has 146 valence electrons. The zero-order valence-electron chi connectivity index (χ0n) is 16.0.